The van der Waals surface area contributed by atoms with E-state index in [1.807, 2.05) is 6.07 Å². The summed E-state index contributed by atoms with van der Waals surface area (Å²) in [5.74, 6) is -0.353. The first-order valence-electron chi connectivity index (χ1n) is 7.04. The first kappa shape index (κ1) is 14.0. The van der Waals surface area contributed by atoms with Crippen LogP contribution in [0.2, 0.25) is 0 Å². The van der Waals surface area contributed by atoms with Gasteiger partial charge in [0.1, 0.15) is 5.88 Å². The number of hydrogen-bond acceptors (Lipinski definition) is 3. The zero-order chi connectivity index (χ0) is 14.8. The molecular formula is C14H17ClN4O2. The van der Waals surface area contributed by atoms with Gasteiger partial charge in [-0.2, -0.15) is 0 Å². The second-order valence-corrected chi connectivity index (χ2v) is 5.49. The SMILES string of the molecule is O=C(CCl)Nc1cc2[nH]c(=O)[nH]c2cc1N1CCCCC1. The minimum atomic E-state index is -0.257. The Kier molecular flexibility index (Phi) is 3.88. The molecule has 21 heavy (non-hydrogen) atoms. The molecule has 0 spiro atoms. The Morgan fingerprint density at radius 3 is 2.52 bits per heavy atom. The van der Waals surface area contributed by atoms with Crippen LogP contribution in [0, 0.1) is 0 Å². The molecule has 0 atom stereocenters. The number of hydrogen-bond donors (Lipinski definition) is 3. The number of H-pyrrole nitrogens is 2. The molecule has 7 heteroatoms. The Morgan fingerprint density at radius 1 is 1.19 bits per heavy atom. The zero-order valence-corrected chi connectivity index (χ0v) is 12.3. The largest absolute Gasteiger partial charge is 0.370 e. The quantitative estimate of drug-likeness (QED) is 0.759. The molecule has 1 amide bonds. The van der Waals surface area contributed by atoms with Crippen LogP contribution in [0.4, 0.5) is 11.4 Å². The van der Waals surface area contributed by atoms with E-state index in [2.05, 4.69) is 20.2 Å². The van der Waals surface area contributed by atoms with Crippen molar-refractivity contribution >= 4 is 39.9 Å². The number of anilines is 2. The molecule has 0 saturated carbocycles. The van der Waals surface area contributed by atoms with Gasteiger partial charge in [0.05, 0.1) is 22.4 Å². The maximum absolute atomic E-state index is 11.6. The van der Waals surface area contributed by atoms with Crippen molar-refractivity contribution < 1.29 is 4.79 Å². The monoisotopic (exact) mass is 308 g/mol. The van der Waals surface area contributed by atoms with E-state index in [9.17, 15) is 9.59 Å². The number of aromatic amines is 2. The predicted molar refractivity (Wildman–Crippen MR) is 84.3 cm³/mol. The second kappa shape index (κ2) is 5.81. The van der Waals surface area contributed by atoms with Crippen LogP contribution in [0.5, 0.6) is 0 Å². The van der Waals surface area contributed by atoms with Crippen molar-refractivity contribution in [2.45, 2.75) is 19.3 Å². The number of aromatic nitrogens is 2. The number of nitrogens with one attached hydrogen (secondary N) is 3. The lowest BCUT2D eigenvalue weighted by Gasteiger charge is -2.30. The van der Waals surface area contributed by atoms with Gasteiger partial charge in [-0.15, -0.1) is 11.6 Å². The third kappa shape index (κ3) is 2.90. The smallest absolute Gasteiger partial charge is 0.323 e. The first-order chi connectivity index (χ1) is 10.2. The highest BCUT2D eigenvalue weighted by Crippen LogP contribution is 2.31. The summed E-state index contributed by atoms with van der Waals surface area (Å²) >= 11 is 5.57. The molecule has 2 heterocycles. The summed E-state index contributed by atoms with van der Waals surface area (Å²) in [4.78, 5) is 30.7. The lowest BCUT2D eigenvalue weighted by Crippen LogP contribution is -2.30. The van der Waals surface area contributed by atoms with Crippen molar-refractivity contribution in [3.8, 4) is 0 Å². The van der Waals surface area contributed by atoms with Gasteiger partial charge >= 0.3 is 5.69 Å². The van der Waals surface area contributed by atoms with Gasteiger partial charge in [0.25, 0.3) is 0 Å². The summed E-state index contributed by atoms with van der Waals surface area (Å²) < 4.78 is 0. The Balaban J connectivity index is 2.06. The number of alkyl halides is 1. The molecular weight excluding hydrogens is 292 g/mol. The van der Waals surface area contributed by atoms with Crippen molar-refractivity contribution in [3.63, 3.8) is 0 Å². The van der Waals surface area contributed by atoms with Crippen molar-refractivity contribution in [1.82, 2.24) is 9.97 Å². The fourth-order valence-electron chi connectivity index (χ4n) is 2.75. The minimum absolute atomic E-state index is 0.0961. The summed E-state index contributed by atoms with van der Waals surface area (Å²) in [5.41, 5.74) is 2.77. The highest BCUT2D eigenvalue weighted by atomic mass is 35.5. The van der Waals surface area contributed by atoms with Crippen molar-refractivity contribution in [2.24, 2.45) is 0 Å². The molecule has 0 radical (unpaired) electrons. The van der Waals surface area contributed by atoms with E-state index in [1.54, 1.807) is 6.07 Å². The Morgan fingerprint density at radius 2 is 1.86 bits per heavy atom. The Bertz CT molecular complexity index is 715. The predicted octanol–water partition coefficient (Wildman–Crippen LogP) is 2.02. The maximum atomic E-state index is 11.6. The molecule has 1 aliphatic heterocycles. The second-order valence-electron chi connectivity index (χ2n) is 5.22. The third-order valence-corrected chi connectivity index (χ3v) is 3.97. The van der Waals surface area contributed by atoms with Gasteiger partial charge in [-0.1, -0.05) is 0 Å². The molecule has 1 aromatic carbocycles. The Hall–Kier alpha value is -1.95. The molecule has 1 aromatic heterocycles. The number of nitrogens with zero attached hydrogens (tertiary/aromatic N) is 1. The maximum Gasteiger partial charge on any atom is 0.323 e. The van der Waals surface area contributed by atoms with Crippen LogP contribution in [-0.2, 0) is 4.79 Å². The van der Waals surface area contributed by atoms with Crippen LogP contribution in [0.3, 0.4) is 0 Å². The van der Waals surface area contributed by atoms with Gasteiger partial charge in [-0.3, -0.25) is 4.79 Å². The van der Waals surface area contributed by atoms with Crippen molar-refractivity contribution in [2.75, 3.05) is 29.2 Å². The fraction of sp³-hybridized carbons (Fsp3) is 0.429. The molecule has 3 N–H and O–H groups in total. The van der Waals surface area contributed by atoms with Crippen LogP contribution in [0.1, 0.15) is 19.3 Å². The first-order valence-corrected chi connectivity index (χ1v) is 7.57. The molecule has 0 unspecified atom stereocenters. The van der Waals surface area contributed by atoms with Crippen molar-refractivity contribution in [1.29, 1.82) is 0 Å². The number of imidazole rings is 1. The Labute approximate surface area is 126 Å². The van der Waals surface area contributed by atoms with Crippen LogP contribution in [0.25, 0.3) is 11.0 Å². The van der Waals surface area contributed by atoms with E-state index in [0.717, 1.165) is 37.1 Å². The van der Waals surface area contributed by atoms with Crippen LogP contribution < -0.4 is 15.9 Å². The topological polar surface area (TPSA) is 81.0 Å². The van der Waals surface area contributed by atoms with Crippen LogP contribution >= 0.6 is 11.6 Å². The zero-order valence-electron chi connectivity index (χ0n) is 11.5. The standard InChI is InChI=1S/C14H17ClN4O2/c15-8-13(20)16-11-6-9-10(18-14(21)17-9)7-12(11)19-4-2-1-3-5-19/h6-7H,1-5,8H2,(H,16,20)(H2,17,18,21). The van der Waals surface area contributed by atoms with Gasteiger partial charge in [-0.05, 0) is 31.4 Å². The van der Waals surface area contributed by atoms with Gasteiger partial charge in [0.15, 0.2) is 0 Å². The van der Waals surface area contributed by atoms with Gasteiger partial charge in [0, 0.05) is 13.1 Å². The molecule has 0 aliphatic carbocycles. The van der Waals surface area contributed by atoms with Gasteiger partial charge in [-0.25, -0.2) is 4.79 Å². The van der Waals surface area contributed by atoms with Crippen molar-refractivity contribution in [3.05, 3.63) is 22.6 Å². The van der Waals surface area contributed by atoms with E-state index < -0.39 is 0 Å². The molecule has 112 valence electrons. The number of halogens is 1. The average Bonchev–Trinajstić information content (AvgIpc) is 2.86. The van der Waals surface area contributed by atoms with E-state index in [4.69, 9.17) is 11.6 Å². The van der Waals surface area contributed by atoms with E-state index in [1.165, 1.54) is 6.42 Å². The van der Waals surface area contributed by atoms with E-state index in [0.29, 0.717) is 11.2 Å². The molecule has 1 saturated heterocycles. The highest BCUT2D eigenvalue weighted by Gasteiger charge is 2.17. The normalized spacial score (nSPS) is 15.4. The number of carbonyl (C=O) groups excluding carboxylic acids is 1. The van der Waals surface area contributed by atoms with Gasteiger partial charge < -0.3 is 20.2 Å². The fourth-order valence-corrected chi connectivity index (χ4v) is 2.82. The molecule has 3 rings (SSSR count). The lowest BCUT2D eigenvalue weighted by atomic mass is 10.1. The number of amides is 1. The summed E-state index contributed by atoms with van der Waals surface area (Å²) in [5, 5.41) is 2.81. The molecule has 6 nitrogen and oxygen atoms in total. The highest BCUT2D eigenvalue weighted by molar-refractivity contribution is 6.29. The third-order valence-electron chi connectivity index (χ3n) is 3.72. The number of benzene rings is 1. The number of rotatable bonds is 3. The van der Waals surface area contributed by atoms with E-state index >= 15 is 0 Å². The average molecular weight is 309 g/mol. The van der Waals surface area contributed by atoms with Crippen LogP contribution in [0.15, 0.2) is 16.9 Å². The van der Waals surface area contributed by atoms with Crippen LogP contribution in [-0.4, -0.2) is 34.8 Å². The number of fused-ring (bicyclic) bond motifs is 1. The molecule has 0 bridgehead atoms. The molecule has 1 aliphatic rings. The summed E-state index contributed by atoms with van der Waals surface area (Å²) in [6.07, 6.45) is 3.48. The number of carbonyl (C=O) groups is 1. The summed E-state index contributed by atoms with van der Waals surface area (Å²) in [7, 11) is 0. The lowest BCUT2D eigenvalue weighted by molar-refractivity contribution is -0.113. The van der Waals surface area contributed by atoms with Gasteiger partial charge in [0.2, 0.25) is 5.91 Å². The number of piperidine rings is 1. The van der Waals surface area contributed by atoms with E-state index in [-0.39, 0.29) is 17.5 Å². The summed E-state index contributed by atoms with van der Waals surface area (Å²) in [6.45, 7) is 1.90. The summed E-state index contributed by atoms with van der Waals surface area (Å²) in [6, 6.07) is 3.68. The molecule has 1 fully saturated rings. The molecule has 2 aromatic rings. The minimum Gasteiger partial charge on any atom is -0.370 e.